The summed E-state index contributed by atoms with van der Waals surface area (Å²) in [6.45, 7) is 4.52. The molecule has 0 heterocycles. The molecule has 0 spiro atoms. The summed E-state index contributed by atoms with van der Waals surface area (Å²) in [7, 11) is 2.24. The van der Waals surface area contributed by atoms with Crippen LogP contribution in [0.5, 0.6) is 5.75 Å². The number of hydrogen-bond acceptors (Lipinski definition) is 2. The fourth-order valence-corrected chi connectivity index (χ4v) is 3.35. The summed E-state index contributed by atoms with van der Waals surface area (Å²) in [6.07, 6.45) is 5.80. The van der Waals surface area contributed by atoms with Gasteiger partial charge >= 0.3 is 0 Å². The summed E-state index contributed by atoms with van der Waals surface area (Å²) >= 11 is 0. The van der Waals surface area contributed by atoms with Crippen molar-refractivity contribution in [2.75, 3.05) is 7.05 Å². The molecular weight excluding hydrogens is 222 g/mol. The van der Waals surface area contributed by atoms with Gasteiger partial charge in [0.2, 0.25) is 0 Å². The molecule has 0 fully saturated rings. The predicted octanol–water partition coefficient (Wildman–Crippen LogP) is 3.89. The zero-order valence-electron chi connectivity index (χ0n) is 11.8. The van der Waals surface area contributed by atoms with Crippen LogP contribution in [0.15, 0.2) is 18.2 Å². The van der Waals surface area contributed by atoms with Crippen LogP contribution in [0.1, 0.15) is 56.7 Å². The van der Waals surface area contributed by atoms with Crippen molar-refractivity contribution in [1.82, 2.24) is 4.90 Å². The van der Waals surface area contributed by atoms with Crippen LogP contribution < -0.4 is 0 Å². The van der Waals surface area contributed by atoms with Gasteiger partial charge in [-0.2, -0.15) is 0 Å². The quantitative estimate of drug-likeness (QED) is 0.872. The molecule has 1 aliphatic rings. The van der Waals surface area contributed by atoms with Crippen molar-refractivity contribution >= 4 is 0 Å². The minimum Gasteiger partial charge on any atom is -0.508 e. The SMILES string of the molecule is CCC(CC)N(C)C1CCCc2c(O)cccc21. The Kier molecular flexibility index (Phi) is 4.28. The van der Waals surface area contributed by atoms with Crippen LogP contribution >= 0.6 is 0 Å². The highest BCUT2D eigenvalue weighted by Crippen LogP contribution is 2.38. The Hall–Kier alpha value is -1.02. The third kappa shape index (κ3) is 2.39. The summed E-state index contributed by atoms with van der Waals surface area (Å²) in [4.78, 5) is 2.51. The van der Waals surface area contributed by atoms with Gasteiger partial charge in [-0.05, 0) is 56.3 Å². The van der Waals surface area contributed by atoms with E-state index in [-0.39, 0.29) is 0 Å². The van der Waals surface area contributed by atoms with Crippen molar-refractivity contribution in [3.05, 3.63) is 29.3 Å². The van der Waals surface area contributed by atoms with Crippen molar-refractivity contribution in [3.8, 4) is 5.75 Å². The summed E-state index contributed by atoms with van der Waals surface area (Å²) in [5.41, 5.74) is 2.52. The first kappa shape index (κ1) is 13.4. The number of rotatable bonds is 4. The monoisotopic (exact) mass is 247 g/mol. The fraction of sp³-hybridized carbons (Fsp3) is 0.625. The van der Waals surface area contributed by atoms with E-state index in [1.165, 1.54) is 36.8 Å². The van der Waals surface area contributed by atoms with E-state index in [1.54, 1.807) is 0 Å². The number of benzene rings is 1. The highest BCUT2D eigenvalue weighted by molar-refractivity contribution is 5.42. The Labute approximate surface area is 111 Å². The number of nitrogens with zero attached hydrogens (tertiary/aromatic N) is 1. The molecule has 1 aromatic carbocycles. The zero-order valence-corrected chi connectivity index (χ0v) is 11.8. The lowest BCUT2D eigenvalue weighted by atomic mass is 9.85. The Morgan fingerprint density at radius 3 is 2.72 bits per heavy atom. The van der Waals surface area contributed by atoms with Crippen molar-refractivity contribution in [2.24, 2.45) is 0 Å². The van der Waals surface area contributed by atoms with E-state index in [1.807, 2.05) is 12.1 Å². The van der Waals surface area contributed by atoms with Crippen LogP contribution in [0, 0.1) is 0 Å². The van der Waals surface area contributed by atoms with Crippen molar-refractivity contribution in [2.45, 2.75) is 58.0 Å². The summed E-state index contributed by atoms with van der Waals surface area (Å²) in [6, 6.07) is 7.11. The van der Waals surface area contributed by atoms with Gasteiger partial charge in [-0.3, -0.25) is 4.90 Å². The normalized spacial score (nSPS) is 19.3. The smallest absolute Gasteiger partial charge is 0.119 e. The Morgan fingerprint density at radius 1 is 1.33 bits per heavy atom. The molecule has 2 nitrogen and oxygen atoms in total. The van der Waals surface area contributed by atoms with Crippen molar-refractivity contribution < 1.29 is 5.11 Å². The van der Waals surface area contributed by atoms with E-state index < -0.39 is 0 Å². The number of aromatic hydroxyl groups is 1. The second-order valence-corrected chi connectivity index (χ2v) is 5.39. The van der Waals surface area contributed by atoms with Crippen LogP contribution in [0.4, 0.5) is 0 Å². The number of phenols is 1. The van der Waals surface area contributed by atoms with Gasteiger partial charge in [0.1, 0.15) is 5.75 Å². The molecule has 1 aromatic rings. The molecular formula is C16H25NO. The van der Waals surface area contributed by atoms with Gasteiger partial charge in [-0.15, -0.1) is 0 Å². The molecule has 0 aromatic heterocycles. The molecule has 1 unspecified atom stereocenters. The van der Waals surface area contributed by atoms with Gasteiger partial charge in [-0.25, -0.2) is 0 Å². The molecule has 1 N–H and O–H groups in total. The first-order valence-corrected chi connectivity index (χ1v) is 7.21. The van der Waals surface area contributed by atoms with Gasteiger partial charge in [0, 0.05) is 12.1 Å². The number of fused-ring (bicyclic) bond motifs is 1. The van der Waals surface area contributed by atoms with Crippen LogP contribution in [0.2, 0.25) is 0 Å². The van der Waals surface area contributed by atoms with E-state index in [0.29, 0.717) is 17.8 Å². The molecule has 0 aliphatic heterocycles. The van der Waals surface area contributed by atoms with Gasteiger partial charge in [-0.1, -0.05) is 26.0 Å². The van der Waals surface area contributed by atoms with Gasteiger partial charge in [0.15, 0.2) is 0 Å². The second-order valence-electron chi connectivity index (χ2n) is 5.39. The van der Waals surface area contributed by atoms with Crippen LogP contribution in [-0.4, -0.2) is 23.1 Å². The molecule has 1 atom stereocenters. The molecule has 2 rings (SSSR count). The molecule has 0 amide bonds. The zero-order chi connectivity index (χ0) is 13.1. The number of hydrogen-bond donors (Lipinski definition) is 1. The highest BCUT2D eigenvalue weighted by Gasteiger charge is 2.27. The Balaban J connectivity index is 2.30. The summed E-state index contributed by atoms with van der Waals surface area (Å²) in [5.74, 6) is 0.482. The van der Waals surface area contributed by atoms with Gasteiger partial charge in [0.25, 0.3) is 0 Å². The van der Waals surface area contributed by atoms with Crippen LogP contribution in [0.3, 0.4) is 0 Å². The minimum absolute atomic E-state index is 0.478. The molecule has 0 bridgehead atoms. The van der Waals surface area contributed by atoms with Gasteiger partial charge < -0.3 is 5.11 Å². The maximum atomic E-state index is 9.99. The lowest BCUT2D eigenvalue weighted by Gasteiger charge is -2.38. The lowest BCUT2D eigenvalue weighted by Crippen LogP contribution is -2.36. The van der Waals surface area contributed by atoms with E-state index in [4.69, 9.17) is 0 Å². The Bertz CT molecular complexity index is 398. The number of phenolic OH excluding ortho intramolecular Hbond substituents is 1. The second kappa shape index (κ2) is 5.75. The van der Waals surface area contributed by atoms with Crippen LogP contribution in [0.25, 0.3) is 0 Å². The van der Waals surface area contributed by atoms with Crippen molar-refractivity contribution in [3.63, 3.8) is 0 Å². The molecule has 18 heavy (non-hydrogen) atoms. The molecule has 0 saturated heterocycles. The molecule has 0 saturated carbocycles. The van der Waals surface area contributed by atoms with Crippen molar-refractivity contribution in [1.29, 1.82) is 0 Å². The first-order chi connectivity index (χ1) is 8.69. The third-order valence-corrected chi connectivity index (χ3v) is 4.46. The molecule has 100 valence electrons. The Morgan fingerprint density at radius 2 is 2.06 bits per heavy atom. The van der Waals surface area contributed by atoms with Gasteiger partial charge in [0.05, 0.1) is 0 Å². The third-order valence-electron chi connectivity index (χ3n) is 4.46. The average molecular weight is 247 g/mol. The fourth-order valence-electron chi connectivity index (χ4n) is 3.35. The van der Waals surface area contributed by atoms with E-state index in [0.717, 1.165) is 6.42 Å². The predicted molar refractivity (Wildman–Crippen MR) is 75.9 cm³/mol. The van der Waals surface area contributed by atoms with E-state index in [9.17, 15) is 5.11 Å². The van der Waals surface area contributed by atoms with Crippen LogP contribution in [-0.2, 0) is 6.42 Å². The lowest BCUT2D eigenvalue weighted by molar-refractivity contribution is 0.148. The minimum atomic E-state index is 0.478. The molecule has 1 aliphatic carbocycles. The topological polar surface area (TPSA) is 23.5 Å². The summed E-state index contributed by atoms with van der Waals surface area (Å²) < 4.78 is 0. The maximum absolute atomic E-state index is 9.99. The first-order valence-electron chi connectivity index (χ1n) is 7.21. The summed E-state index contributed by atoms with van der Waals surface area (Å²) in [5, 5.41) is 9.99. The molecule has 0 radical (unpaired) electrons. The maximum Gasteiger partial charge on any atom is 0.119 e. The highest BCUT2D eigenvalue weighted by atomic mass is 16.3. The largest absolute Gasteiger partial charge is 0.508 e. The van der Waals surface area contributed by atoms with E-state index in [2.05, 4.69) is 31.9 Å². The molecule has 2 heteroatoms. The average Bonchev–Trinajstić information content (AvgIpc) is 2.40. The van der Waals surface area contributed by atoms with E-state index >= 15 is 0 Å². The standard InChI is InChI=1S/C16H25NO/c1-4-12(5-2)17(3)15-10-6-9-14-13(15)8-7-11-16(14)18/h7-8,11-12,15,18H,4-6,9-10H2,1-3H3.